The number of hydrogen-bond acceptors (Lipinski definition) is 23. The van der Waals surface area contributed by atoms with Crippen molar-refractivity contribution >= 4 is 131 Å². The van der Waals surface area contributed by atoms with Crippen molar-refractivity contribution in [3.05, 3.63) is 59.7 Å². The third kappa shape index (κ3) is 55.4. The number of unbranched alkanes of at least 4 members (excludes halogenated alkanes) is 1. The molecule has 0 unspecified atom stereocenters. The van der Waals surface area contributed by atoms with Crippen LogP contribution in [0.15, 0.2) is 48.5 Å². The summed E-state index contributed by atoms with van der Waals surface area (Å²) >= 11 is 0. The lowest BCUT2D eigenvalue weighted by Gasteiger charge is -2.21. The van der Waals surface area contributed by atoms with Gasteiger partial charge in [-0.15, -0.1) is 0 Å². The smallest absolute Gasteiger partial charge is 0.313 e. The molecule has 0 saturated heterocycles. The number of ether oxygens (including phenoxy) is 3. The Balaban J connectivity index is 0. The van der Waals surface area contributed by atoms with Crippen molar-refractivity contribution in [2.24, 2.45) is 94.7 Å². The average Bonchev–Trinajstić information content (AvgIpc) is 0.865. The van der Waals surface area contributed by atoms with E-state index >= 15 is 0 Å². The number of hydrogen-bond donors (Lipinski definition) is 10. The molecule has 2 aromatic rings. The van der Waals surface area contributed by atoms with Gasteiger partial charge in [0.05, 0.1) is 48.3 Å². The molecule has 0 aromatic heterocycles. The summed E-state index contributed by atoms with van der Waals surface area (Å²) in [5, 5.41) is 26.1. The second kappa shape index (κ2) is 67.6. The van der Waals surface area contributed by atoms with Gasteiger partial charge in [0.1, 0.15) is 42.8 Å². The maximum absolute atomic E-state index is 12.9. The molecule has 732 valence electrons. The van der Waals surface area contributed by atoms with E-state index in [0.717, 1.165) is 18.4 Å². The predicted octanol–water partition coefficient (Wildman–Crippen LogP) is 10.2. The van der Waals surface area contributed by atoms with Crippen molar-refractivity contribution in [3.63, 3.8) is 0 Å². The minimum Gasteiger partial charge on any atom is -0.461 e. The Bertz CT molecular complexity index is 3880. The Morgan fingerprint density at radius 1 is 0.308 bits per heavy atom. The Morgan fingerprint density at radius 2 is 0.631 bits per heavy atom. The molecule has 0 saturated carbocycles. The summed E-state index contributed by atoms with van der Waals surface area (Å²) in [5.74, 6) is -7.75. The summed E-state index contributed by atoms with van der Waals surface area (Å²) in [5.41, 5.74) is 2.38. The van der Waals surface area contributed by atoms with Gasteiger partial charge in [0.2, 0.25) is 61.1 Å². The van der Waals surface area contributed by atoms with Gasteiger partial charge in [-0.25, -0.2) is 0 Å². The fourth-order valence-corrected chi connectivity index (χ4v) is 12.7. The maximum atomic E-state index is 12.9. The van der Waals surface area contributed by atoms with Crippen LogP contribution >= 0.6 is 0 Å². The van der Waals surface area contributed by atoms with Crippen molar-refractivity contribution in [3.8, 4) is 0 Å². The van der Waals surface area contributed by atoms with Crippen LogP contribution in [-0.4, -0.2) is 183 Å². The van der Waals surface area contributed by atoms with Crippen LogP contribution in [0.3, 0.4) is 0 Å². The van der Waals surface area contributed by atoms with Crippen molar-refractivity contribution in [2.45, 2.75) is 287 Å². The summed E-state index contributed by atoms with van der Waals surface area (Å²) in [6, 6.07) is 10.4. The molecule has 0 aliphatic carbocycles. The number of esters is 2. The fourth-order valence-electron chi connectivity index (χ4n) is 12.7. The van der Waals surface area contributed by atoms with Gasteiger partial charge in [-0.1, -0.05) is 176 Å². The van der Waals surface area contributed by atoms with Crippen LogP contribution in [0.5, 0.6) is 0 Å². The molecule has 2 aromatic carbocycles. The first kappa shape index (κ1) is 121. The molecule has 2 rings (SSSR count). The number of carbonyl (C=O) groups is 20. The number of anilines is 2. The van der Waals surface area contributed by atoms with Crippen LogP contribution in [-0.2, 0) is 123 Å². The molecular weight excluding hydrogens is 1670 g/mol. The number of nitrogens with one attached hydrogen (secondary N) is 10. The van der Waals surface area contributed by atoms with Crippen LogP contribution in [0.25, 0.3) is 0 Å². The Labute approximate surface area is 771 Å². The van der Waals surface area contributed by atoms with Gasteiger partial charge in [-0.05, 0) is 119 Å². The quantitative estimate of drug-likeness (QED) is 0.0127. The van der Waals surface area contributed by atoms with E-state index in [9.17, 15) is 95.9 Å². The number of amides is 10. The second-order valence-corrected chi connectivity index (χ2v) is 36.7. The third-order valence-electron chi connectivity index (χ3n) is 21.0. The van der Waals surface area contributed by atoms with E-state index in [1.54, 1.807) is 139 Å². The summed E-state index contributed by atoms with van der Waals surface area (Å²) in [7, 11) is 0. The van der Waals surface area contributed by atoms with Crippen LogP contribution in [0, 0.1) is 94.7 Å². The van der Waals surface area contributed by atoms with Gasteiger partial charge < -0.3 is 67.4 Å². The predicted molar refractivity (Wildman–Crippen MR) is 497 cm³/mol. The van der Waals surface area contributed by atoms with E-state index in [2.05, 4.69) is 67.0 Å². The Morgan fingerprint density at radius 3 is 0.962 bits per heavy atom. The van der Waals surface area contributed by atoms with E-state index in [-0.39, 0.29) is 201 Å². The normalized spacial score (nSPS) is 13.8. The molecule has 0 aliphatic rings. The molecule has 10 amide bonds. The van der Waals surface area contributed by atoms with Gasteiger partial charge in [0, 0.05) is 130 Å². The van der Waals surface area contributed by atoms with Crippen molar-refractivity contribution < 1.29 is 110 Å². The maximum Gasteiger partial charge on any atom is 0.313 e. The standard InChI is InChI=1S/C28H41N3O7.C26H39N3O6.C23H42N2O5.C20H34N2O5/c1-17(2)11-19(5)27(36)30-20(6)25(34)12-22(14-29-16-32)28(37)31-23-9-7-21(8-10-23)15-38-26(35)13-24(33)18(3)4;1-16(2)11-18(5)24(32)28-19(6)23(31)12-21(13-27-15-30)25(33)29-22-9-7-20(8-10-22)14-35-26(34)17(3)4;1-16(2)9-7-8-11-30-12-10-18(5)23(29)25-19(6)21(27)13-20(14-24-15-26)22(28)17(3)4;1-12(2)7-14(5)20(27)22-15(6)18(25)8-16(10-21-11-23)19(26)9-17(24)13(3)4/h7-10,16-20,22H,11-15H2,1-6H3,(H,29,32)(H,30,36)(H,31,37);7-10,15-19,21H,11-14H2,1-6H3,(H,27,30)(H,28,32)(H,29,33);15-20H,7-14H2,1-6H3,(H,24,26)(H,25,29);11-16H,7-10H2,1-6H3,(H,21,23)(H,22,27)/t19-,20+,22+;18-,19+,21+;18-,19+,20+;14-,15+,16+/m1111/s1. The summed E-state index contributed by atoms with van der Waals surface area (Å²) in [6.45, 7) is 45.4. The fraction of sp³-hybridized carbons (Fsp3) is 0.670. The number of carbonyl (C=O) groups excluding carboxylic acids is 20. The van der Waals surface area contributed by atoms with Gasteiger partial charge in [-0.2, -0.15) is 0 Å². The van der Waals surface area contributed by atoms with E-state index in [1.165, 1.54) is 6.42 Å². The van der Waals surface area contributed by atoms with Gasteiger partial charge >= 0.3 is 11.9 Å². The highest BCUT2D eigenvalue weighted by molar-refractivity contribution is 6.03. The summed E-state index contributed by atoms with van der Waals surface area (Å²) in [4.78, 5) is 240. The molecule has 10 N–H and O–H groups in total. The molecule has 0 aliphatic heterocycles. The Hall–Kier alpha value is -10.6. The molecule has 0 radical (unpaired) electrons. The molecule has 0 bridgehead atoms. The van der Waals surface area contributed by atoms with Crippen LogP contribution in [0.2, 0.25) is 0 Å². The van der Waals surface area contributed by atoms with Gasteiger partial charge in [0.15, 0.2) is 23.1 Å². The van der Waals surface area contributed by atoms with E-state index < -0.39 is 65.6 Å². The minimum absolute atomic E-state index is 0.00678. The topological polar surface area (TPSA) is 489 Å². The molecule has 0 heterocycles. The number of Topliss-reactive ketones (excluding diaryl/α,β-unsaturated/α-hetero) is 8. The molecular formula is C97H156N10O23. The highest BCUT2D eigenvalue weighted by Crippen LogP contribution is 2.22. The second-order valence-electron chi connectivity index (χ2n) is 36.7. The highest BCUT2D eigenvalue weighted by Gasteiger charge is 2.33. The van der Waals surface area contributed by atoms with Crippen molar-refractivity contribution in [2.75, 3.05) is 50.0 Å². The first-order valence-corrected chi connectivity index (χ1v) is 45.7. The molecule has 33 nitrogen and oxygen atoms in total. The molecule has 12 atom stereocenters. The Kier molecular flexibility index (Phi) is 63.1. The number of rotatable bonds is 64. The molecule has 0 spiro atoms. The van der Waals surface area contributed by atoms with E-state index in [1.807, 2.05) is 62.3 Å². The largest absolute Gasteiger partial charge is 0.461 e. The van der Waals surface area contributed by atoms with Crippen LogP contribution in [0.4, 0.5) is 11.4 Å². The lowest BCUT2D eigenvalue weighted by molar-refractivity contribution is -0.149. The highest BCUT2D eigenvalue weighted by atomic mass is 16.5. The summed E-state index contributed by atoms with van der Waals surface area (Å²) in [6.07, 6.45) is 6.98. The zero-order chi connectivity index (χ0) is 99.6. The van der Waals surface area contributed by atoms with Crippen molar-refractivity contribution in [1.82, 2.24) is 42.5 Å². The molecule has 33 heteroatoms. The first-order valence-electron chi connectivity index (χ1n) is 45.7. The SMILES string of the molecule is CC(C)CCCCOCC[C@@H](C)C(=O)N[C@@H](C)C(=O)C[C@@H](CNC=O)C(=O)C(C)C.CC(C)C[C@@H](C)C(=O)N[C@@H](C)C(=O)C[C@@H](CNC=O)C(=O)CC(=O)C(C)C.CC(C)C[C@@H](C)C(=O)N[C@@H](C)C(=O)C[C@@H](CNC=O)C(=O)Nc1ccc(COC(=O)C(C)C)cc1.CC(C)C[C@@H](C)C(=O)N[C@@H](C)C(=O)C[C@@H](CNC=O)C(=O)Nc1ccc(COC(=O)CC(=O)C(C)C)cc1. The van der Waals surface area contributed by atoms with Gasteiger partial charge in [-0.3, -0.25) is 95.9 Å². The third-order valence-corrected chi connectivity index (χ3v) is 21.0. The van der Waals surface area contributed by atoms with Gasteiger partial charge in [0.25, 0.3) is 0 Å². The lowest BCUT2D eigenvalue weighted by atomic mass is 9.89. The minimum atomic E-state index is -0.848. The molecule has 130 heavy (non-hydrogen) atoms. The van der Waals surface area contributed by atoms with Crippen molar-refractivity contribution in [1.29, 1.82) is 0 Å². The number of ketones is 8. The first-order chi connectivity index (χ1) is 60.9. The van der Waals surface area contributed by atoms with E-state index in [4.69, 9.17) is 14.2 Å². The zero-order valence-electron chi connectivity index (χ0n) is 81.7. The lowest BCUT2D eigenvalue weighted by Crippen LogP contribution is -2.43. The van der Waals surface area contributed by atoms with Crippen LogP contribution < -0.4 is 53.2 Å². The monoisotopic (exact) mass is 1830 g/mol. The number of benzene rings is 2. The molecule has 0 fully saturated rings. The van der Waals surface area contributed by atoms with E-state index in [0.29, 0.717) is 105 Å². The summed E-state index contributed by atoms with van der Waals surface area (Å²) < 4.78 is 15.9. The zero-order valence-corrected chi connectivity index (χ0v) is 81.7. The average molecular weight is 1830 g/mol. The van der Waals surface area contributed by atoms with Crippen LogP contribution in [0.1, 0.15) is 261 Å².